The summed E-state index contributed by atoms with van der Waals surface area (Å²) in [7, 11) is 0. The molecule has 0 fully saturated rings. The first kappa shape index (κ1) is 15.1. The third kappa shape index (κ3) is 3.84. The first-order valence-corrected chi connectivity index (χ1v) is 7.07. The van der Waals surface area contributed by atoms with Crippen molar-refractivity contribution in [2.75, 3.05) is 23.7 Å². The molecule has 0 aliphatic carbocycles. The Morgan fingerprint density at radius 2 is 2.00 bits per heavy atom. The second-order valence-electron chi connectivity index (χ2n) is 4.88. The van der Waals surface area contributed by atoms with Gasteiger partial charge in [0.15, 0.2) is 0 Å². The number of halogens is 1. The van der Waals surface area contributed by atoms with Gasteiger partial charge < -0.3 is 15.2 Å². The summed E-state index contributed by atoms with van der Waals surface area (Å²) in [5, 5.41) is 0. The SMILES string of the molecule is CCN(CCCn1cc(N)ccc1=O)c1ccccc1F. The van der Waals surface area contributed by atoms with Gasteiger partial charge in [-0.15, -0.1) is 0 Å². The van der Waals surface area contributed by atoms with Gasteiger partial charge >= 0.3 is 0 Å². The van der Waals surface area contributed by atoms with E-state index in [1.54, 1.807) is 29.0 Å². The Labute approximate surface area is 123 Å². The molecule has 0 unspecified atom stereocenters. The summed E-state index contributed by atoms with van der Waals surface area (Å²) in [6.07, 6.45) is 2.38. The van der Waals surface area contributed by atoms with E-state index in [1.807, 2.05) is 17.9 Å². The zero-order valence-corrected chi connectivity index (χ0v) is 12.1. The van der Waals surface area contributed by atoms with Crippen LogP contribution in [0.1, 0.15) is 13.3 Å². The second kappa shape index (κ2) is 6.92. The fraction of sp³-hybridized carbons (Fsp3) is 0.312. The molecule has 2 N–H and O–H groups in total. The predicted molar refractivity (Wildman–Crippen MR) is 84.0 cm³/mol. The second-order valence-corrected chi connectivity index (χ2v) is 4.88. The van der Waals surface area contributed by atoms with E-state index in [0.29, 0.717) is 31.0 Å². The van der Waals surface area contributed by atoms with Crippen molar-refractivity contribution in [1.29, 1.82) is 0 Å². The number of hydrogen-bond acceptors (Lipinski definition) is 3. The molecule has 21 heavy (non-hydrogen) atoms. The summed E-state index contributed by atoms with van der Waals surface area (Å²) < 4.78 is 15.4. The van der Waals surface area contributed by atoms with Gasteiger partial charge in [-0.1, -0.05) is 12.1 Å². The fourth-order valence-corrected chi connectivity index (χ4v) is 2.31. The number of benzene rings is 1. The van der Waals surface area contributed by atoms with Gasteiger partial charge in [0.25, 0.3) is 5.56 Å². The van der Waals surface area contributed by atoms with Crippen molar-refractivity contribution < 1.29 is 4.39 Å². The smallest absolute Gasteiger partial charge is 0.250 e. The van der Waals surface area contributed by atoms with Crippen LogP contribution in [0.15, 0.2) is 47.4 Å². The van der Waals surface area contributed by atoms with E-state index in [2.05, 4.69) is 0 Å². The van der Waals surface area contributed by atoms with Crippen LogP contribution in [0.4, 0.5) is 15.8 Å². The van der Waals surface area contributed by atoms with E-state index < -0.39 is 0 Å². The molecule has 1 aromatic heterocycles. The molecule has 112 valence electrons. The van der Waals surface area contributed by atoms with Crippen molar-refractivity contribution in [3.63, 3.8) is 0 Å². The van der Waals surface area contributed by atoms with Crippen LogP contribution in [0.3, 0.4) is 0 Å². The molecular weight excluding hydrogens is 269 g/mol. The molecule has 1 heterocycles. The summed E-state index contributed by atoms with van der Waals surface area (Å²) in [5.41, 5.74) is 6.77. The van der Waals surface area contributed by atoms with Crippen molar-refractivity contribution in [3.8, 4) is 0 Å². The van der Waals surface area contributed by atoms with Crippen molar-refractivity contribution in [2.45, 2.75) is 19.9 Å². The Morgan fingerprint density at radius 1 is 1.24 bits per heavy atom. The third-order valence-electron chi connectivity index (χ3n) is 3.41. The zero-order valence-electron chi connectivity index (χ0n) is 12.1. The minimum absolute atomic E-state index is 0.0712. The van der Waals surface area contributed by atoms with Crippen LogP contribution in [0, 0.1) is 5.82 Å². The number of aromatic nitrogens is 1. The molecule has 4 nitrogen and oxygen atoms in total. The minimum atomic E-state index is -0.222. The quantitative estimate of drug-likeness (QED) is 0.889. The van der Waals surface area contributed by atoms with Crippen molar-refractivity contribution in [1.82, 2.24) is 4.57 Å². The van der Waals surface area contributed by atoms with Crippen molar-refractivity contribution in [3.05, 3.63) is 58.8 Å². The Kier molecular flexibility index (Phi) is 4.98. The first-order chi connectivity index (χ1) is 10.1. The zero-order chi connectivity index (χ0) is 15.2. The first-order valence-electron chi connectivity index (χ1n) is 7.07. The molecule has 2 rings (SSSR count). The minimum Gasteiger partial charge on any atom is -0.398 e. The van der Waals surface area contributed by atoms with Crippen molar-refractivity contribution >= 4 is 11.4 Å². The molecular formula is C16H20FN3O. The number of anilines is 2. The molecule has 5 heteroatoms. The standard InChI is InChI=1S/C16H20FN3O/c1-2-19(15-7-4-3-6-14(15)17)10-5-11-20-12-13(18)8-9-16(20)21/h3-4,6-9,12H,2,5,10-11,18H2,1H3. The van der Waals surface area contributed by atoms with E-state index in [4.69, 9.17) is 5.73 Å². The van der Waals surface area contributed by atoms with Gasteiger partial charge in [-0.3, -0.25) is 4.79 Å². The maximum Gasteiger partial charge on any atom is 0.250 e. The Bertz CT molecular complexity index is 654. The average molecular weight is 289 g/mol. The molecule has 0 radical (unpaired) electrons. The Morgan fingerprint density at radius 3 is 2.71 bits per heavy atom. The highest BCUT2D eigenvalue weighted by Crippen LogP contribution is 2.18. The number of para-hydroxylation sites is 1. The van der Waals surface area contributed by atoms with E-state index in [1.165, 1.54) is 12.1 Å². The number of pyridine rings is 1. The maximum atomic E-state index is 13.8. The molecule has 0 saturated heterocycles. The number of rotatable bonds is 6. The summed E-state index contributed by atoms with van der Waals surface area (Å²) in [6.45, 7) is 3.94. The van der Waals surface area contributed by atoms with Crippen LogP contribution in [-0.4, -0.2) is 17.7 Å². The molecule has 1 aromatic carbocycles. The lowest BCUT2D eigenvalue weighted by Gasteiger charge is -2.23. The van der Waals surface area contributed by atoms with Gasteiger partial charge in [0, 0.05) is 37.6 Å². The normalized spacial score (nSPS) is 10.6. The molecule has 0 amide bonds. The topological polar surface area (TPSA) is 51.3 Å². The third-order valence-corrected chi connectivity index (χ3v) is 3.41. The molecule has 0 saturated carbocycles. The molecule has 0 spiro atoms. The Hall–Kier alpha value is -2.30. The van der Waals surface area contributed by atoms with E-state index in [-0.39, 0.29) is 11.4 Å². The molecule has 0 bridgehead atoms. The van der Waals surface area contributed by atoms with Crippen LogP contribution in [0.5, 0.6) is 0 Å². The van der Waals surface area contributed by atoms with Crippen LogP contribution in [0.2, 0.25) is 0 Å². The van der Waals surface area contributed by atoms with Gasteiger partial charge in [-0.2, -0.15) is 0 Å². The molecule has 2 aromatic rings. The van der Waals surface area contributed by atoms with Crippen molar-refractivity contribution in [2.24, 2.45) is 0 Å². The number of nitrogens with two attached hydrogens (primary N) is 1. The fourth-order valence-electron chi connectivity index (χ4n) is 2.31. The number of nitrogen functional groups attached to an aromatic ring is 1. The van der Waals surface area contributed by atoms with E-state index >= 15 is 0 Å². The Balaban J connectivity index is 2.00. The molecule has 0 atom stereocenters. The number of aryl methyl sites for hydroxylation is 1. The highest BCUT2D eigenvalue weighted by atomic mass is 19.1. The number of hydrogen-bond donors (Lipinski definition) is 1. The van der Waals surface area contributed by atoms with Crippen LogP contribution in [-0.2, 0) is 6.54 Å². The van der Waals surface area contributed by atoms with Crippen LogP contribution in [0.25, 0.3) is 0 Å². The average Bonchev–Trinajstić information content (AvgIpc) is 2.48. The van der Waals surface area contributed by atoms with Gasteiger partial charge in [0.05, 0.1) is 5.69 Å². The summed E-state index contributed by atoms with van der Waals surface area (Å²) in [6, 6.07) is 9.79. The molecule has 0 aliphatic heterocycles. The highest BCUT2D eigenvalue weighted by molar-refractivity contribution is 5.47. The lowest BCUT2D eigenvalue weighted by Crippen LogP contribution is -2.27. The van der Waals surface area contributed by atoms with Crippen LogP contribution < -0.4 is 16.2 Å². The van der Waals surface area contributed by atoms with Crippen LogP contribution >= 0.6 is 0 Å². The monoisotopic (exact) mass is 289 g/mol. The maximum absolute atomic E-state index is 13.8. The predicted octanol–water partition coefficient (Wildman–Crippen LogP) is 2.49. The lowest BCUT2D eigenvalue weighted by atomic mass is 10.2. The summed E-state index contributed by atoms with van der Waals surface area (Å²) >= 11 is 0. The van der Waals surface area contributed by atoms with Gasteiger partial charge in [-0.25, -0.2) is 4.39 Å². The number of nitrogens with zero attached hydrogens (tertiary/aromatic N) is 2. The largest absolute Gasteiger partial charge is 0.398 e. The van der Waals surface area contributed by atoms with Gasteiger partial charge in [0.1, 0.15) is 5.82 Å². The summed E-state index contributed by atoms with van der Waals surface area (Å²) in [5.74, 6) is -0.222. The van der Waals surface area contributed by atoms with E-state index in [0.717, 1.165) is 6.42 Å². The van der Waals surface area contributed by atoms with Gasteiger partial charge in [0.2, 0.25) is 0 Å². The highest BCUT2D eigenvalue weighted by Gasteiger charge is 2.08. The molecule has 0 aliphatic rings. The summed E-state index contributed by atoms with van der Waals surface area (Å²) in [4.78, 5) is 13.6. The van der Waals surface area contributed by atoms with E-state index in [9.17, 15) is 9.18 Å². The lowest BCUT2D eigenvalue weighted by molar-refractivity contribution is 0.591. The van der Waals surface area contributed by atoms with Gasteiger partial charge in [-0.05, 0) is 31.5 Å².